The molecule has 1 heterocycles. The number of ketones is 1. The molecule has 0 bridgehead atoms. The smallest absolute Gasteiger partial charge is 0.449 e. The number of halogens is 4. The lowest BCUT2D eigenvalue weighted by Crippen LogP contribution is -2.23. The number of alkyl halides is 3. The first-order valence-electron chi connectivity index (χ1n) is 29.8. The molecule has 0 radical (unpaired) electrons. The molecule has 3 unspecified atom stereocenters. The number of esters is 1. The molecule has 0 saturated carbocycles. The summed E-state index contributed by atoms with van der Waals surface area (Å²) in [5.74, 6) is -2.67. The lowest BCUT2D eigenvalue weighted by atomic mass is 10.0. The molecule has 3 atom stereocenters. The molecule has 0 N–H and O–H groups in total. The second kappa shape index (κ2) is 46.1. The van der Waals surface area contributed by atoms with Gasteiger partial charge in [-0.2, -0.15) is 13.2 Å². The maximum absolute atomic E-state index is 14.7. The van der Waals surface area contributed by atoms with Crippen molar-refractivity contribution < 1.29 is 55.6 Å². The quantitative estimate of drug-likeness (QED) is 0.0362. The Balaban J connectivity index is 1.59. The van der Waals surface area contributed by atoms with Gasteiger partial charge in [-0.05, 0) is 63.5 Å². The number of hydrogen-bond donors (Lipinski definition) is 0. The van der Waals surface area contributed by atoms with Crippen LogP contribution in [-0.4, -0.2) is 69.8 Å². The van der Waals surface area contributed by atoms with Gasteiger partial charge in [-0.15, -0.1) is 0 Å². The second-order valence-corrected chi connectivity index (χ2v) is 20.8. The van der Waals surface area contributed by atoms with Gasteiger partial charge in [-0.3, -0.25) is 9.59 Å². The summed E-state index contributed by atoms with van der Waals surface area (Å²) in [5, 5.41) is 0. The fourth-order valence-electron chi connectivity index (χ4n) is 9.36. The number of rotatable bonds is 52. The average molecular weight is 1030 g/mol. The van der Waals surface area contributed by atoms with Crippen LogP contribution in [-0.2, 0) is 33.3 Å². The van der Waals surface area contributed by atoms with Gasteiger partial charge in [-0.1, -0.05) is 213 Å². The number of carbonyl (C=O) groups excluding carboxylic acids is 2. The van der Waals surface area contributed by atoms with E-state index in [9.17, 15) is 27.2 Å². The Labute approximate surface area is 436 Å². The van der Waals surface area contributed by atoms with E-state index in [1.807, 2.05) is 0 Å². The number of unbranched alkanes of at least 4 members (excludes halogenated alkanes) is 32. The third-order valence-corrected chi connectivity index (χ3v) is 14.0. The van der Waals surface area contributed by atoms with E-state index < -0.39 is 30.5 Å². The minimum absolute atomic E-state index is 0.00332. The maximum Gasteiger partial charge on any atom is 0.449 e. The van der Waals surface area contributed by atoms with E-state index in [0.29, 0.717) is 51.3 Å². The Morgan fingerprint density at radius 3 is 1.56 bits per heavy atom. The molecule has 1 aliphatic rings. The summed E-state index contributed by atoms with van der Waals surface area (Å²) < 4.78 is 87.0. The summed E-state index contributed by atoms with van der Waals surface area (Å²) in [6.45, 7) is 7.13. The normalized spacial score (nSPS) is 15.4. The van der Waals surface area contributed by atoms with Crippen LogP contribution in [0.5, 0.6) is 5.75 Å². The van der Waals surface area contributed by atoms with Crippen LogP contribution >= 0.6 is 0 Å². The van der Waals surface area contributed by atoms with Gasteiger partial charge in [0.15, 0.2) is 17.9 Å². The first kappa shape index (κ1) is 65.8. The molecule has 72 heavy (non-hydrogen) atoms. The van der Waals surface area contributed by atoms with E-state index in [1.54, 1.807) is 6.07 Å². The highest BCUT2D eigenvalue weighted by atomic mass is 19.4. The second-order valence-electron chi connectivity index (χ2n) is 20.8. The topological polar surface area (TPSA) is 89.5 Å². The van der Waals surface area contributed by atoms with Crippen LogP contribution in [0, 0.1) is 5.82 Å². The van der Waals surface area contributed by atoms with E-state index in [-0.39, 0.29) is 49.8 Å². The summed E-state index contributed by atoms with van der Waals surface area (Å²) in [6, 6.07) is 4.33. The van der Waals surface area contributed by atoms with Crippen LogP contribution in [0.15, 0.2) is 18.2 Å². The van der Waals surface area contributed by atoms with Crippen LogP contribution < -0.4 is 4.74 Å². The lowest BCUT2D eigenvalue weighted by molar-refractivity contribution is -0.171. The maximum atomic E-state index is 14.7. The molecular formula is C60H104F4O8. The minimum atomic E-state index is -4.84. The van der Waals surface area contributed by atoms with Gasteiger partial charge >= 0.3 is 12.1 Å². The fourth-order valence-corrected chi connectivity index (χ4v) is 9.36. The van der Waals surface area contributed by atoms with Crippen molar-refractivity contribution >= 4 is 11.8 Å². The van der Waals surface area contributed by atoms with Crippen molar-refractivity contribution in [2.45, 2.75) is 295 Å². The fraction of sp³-hybridized carbons (Fsp3) is 0.867. The molecule has 0 aliphatic carbocycles. The SMILES string of the molecule is CCCCCCCCCCCCCCCCCCOCC(CCC(=O)OCCCCC1COC(c2ccc(OCCCCC(=O)C(F)(F)F)c(F)c2)O1)OCCCCCCCCCCCCCCCCCC. The van der Waals surface area contributed by atoms with E-state index >= 15 is 0 Å². The third-order valence-electron chi connectivity index (χ3n) is 14.0. The van der Waals surface area contributed by atoms with E-state index in [2.05, 4.69) is 13.8 Å². The van der Waals surface area contributed by atoms with Crippen LogP contribution in [0.25, 0.3) is 0 Å². The lowest BCUT2D eigenvalue weighted by Gasteiger charge is -2.18. The highest BCUT2D eigenvalue weighted by Gasteiger charge is 2.37. The largest absolute Gasteiger partial charge is 0.491 e. The van der Waals surface area contributed by atoms with Gasteiger partial charge in [0.05, 0.1) is 38.6 Å². The zero-order valence-electron chi connectivity index (χ0n) is 45.8. The van der Waals surface area contributed by atoms with Crippen LogP contribution in [0.2, 0.25) is 0 Å². The van der Waals surface area contributed by atoms with Crippen molar-refractivity contribution in [1.29, 1.82) is 0 Å². The van der Waals surface area contributed by atoms with Crippen LogP contribution in [0.4, 0.5) is 17.6 Å². The number of hydrogen-bond acceptors (Lipinski definition) is 8. The van der Waals surface area contributed by atoms with Crippen molar-refractivity contribution in [2.75, 3.05) is 39.6 Å². The molecule has 0 aromatic heterocycles. The van der Waals surface area contributed by atoms with E-state index in [4.69, 9.17) is 28.4 Å². The zero-order chi connectivity index (χ0) is 52.0. The molecule has 12 heteroatoms. The molecule has 2 rings (SSSR count). The molecular weight excluding hydrogens is 925 g/mol. The first-order chi connectivity index (χ1) is 35.1. The first-order valence-corrected chi connectivity index (χ1v) is 29.8. The predicted octanol–water partition coefficient (Wildman–Crippen LogP) is 18.3. The van der Waals surface area contributed by atoms with Crippen molar-refractivity contribution in [3.05, 3.63) is 29.6 Å². The van der Waals surface area contributed by atoms with Gasteiger partial charge < -0.3 is 28.4 Å². The number of carbonyl (C=O) groups is 2. The summed E-state index contributed by atoms with van der Waals surface area (Å²) in [7, 11) is 0. The molecule has 1 saturated heterocycles. The van der Waals surface area contributed by atoms with Gasteiger partial charge in [0, 0.05) is 31.6 Å². The van der Waals surface area contributed by atoms with E-state index in [0.717, 1.165) is 25.9 Å². The average Bonchev–Trinajstić information content (AvgIpc) is 3.84. The summed E-state index contributed by atoms with van der Waals surface area (Å²) in [5.41, 5.74) is 0.491. The van der Waals surface area contributed by atoms with Gasteiger partial charge in [0.2, 0.25) is 5.78 Å². The van der Waals surface area contributed by atoms with Crippen molar-refractivity contribution in [3.8, 4) is 5.75 Å². The van der Waals surface area contributed by atoms with Crippen LogP contribution in [0.3, 0.4) is 0 Å². The highest BCUT2D eigenvalue weighted by molar-refractivity contribution is 5.83. The molecule has 1 aromatic carbocycles. The van der Waals surface area contributed by atoms with Gasteiger partial charge in [-0.25, -0.2) is 4.39 Å². The molecule has 8 nitrogen and oxygen atoms in total. The molecule has 0 amide bonds. The van der Waals surface area contributed by atoms with E-state index in [1.165, 1.54) is 205 Å². The molecule has 1 aliphatic heterocycles. The van der Waals surface area contributed by atoms with Crippen molar-refractivity contribution in [2.24, 2.45) is 0 Å². The molecule has 1 aromatic rings. The molecule has 420 valence electrons. The summed E-state index contributed by atoms with van der Waals surface area (Å²) in [6.07, 6.45) is 39.5. The van der Waals surface area contributed by atoms with Crippen LogP contribution in [0.1, 0.15) is 283 Å². The minimum Gasteiger partial charge on any atom is -0.491 e. The molecule has 1 fully saturated rings. The van der Waals surface area contributed by atoms with Crippen molar-refractivity contribution in [1.82, 2.24) is 0 Å². The number of Topliss-reactive ketones (excluding diaryl/α,β-unsaturated/α-hetero) is 1. The third kappa shape index (κ3) is 37.4. The number of ether oxygens (including phenoxy) is 6. The van der Waals surface area contributed by atoms with Crippen molar-refractivity contribution in [3.63, 3.8) is 0 Å². The number of benzene rings is 1. The Kier molecular flexibility index (Phi) is 42.1. The Hall–Kier alpha value is -2.28. The Morgan fingerprint density at radius 2 is 1.06 bits per heavy atom. The Morgan fingerprint density at radius 1 is 0.583 bits per heavy atom. The zero-order valence-corrected chi connectivity index (χ0v) is 45.8. The van der Waals surface area contributed by atoms with Gasteiger partial charge in [0.1, 0.15) is 0 Å². The predicted molar refractivity (Wildman–Crippen MR) is 284 cm³/mol. The van der Waals surface area contributed by atoms with Gasteiger partial charge in [0.25, 0.3) is 0 Å². The standard InChI is InChI=1S/C60H104F4O8/c1-3-5-7-9-11-13-15-17-19-21-23-25-27-29-31-35-45-67-50-53(68-46-36-32-30-28-26-24-22-20-18-16-14-12-10-8-6-4-2)42-44-58(66)70-48-37-33-39-54-51-71-59(72-54)52-41-43-56(55(61)49-52)69-47-38-34-40-57(65)60(62,63)64/h41,43,49,53-54,59H,3-40,42,44-48,50-51H2,1-2H3. The summed E-state index contributed by atoms with van der Waals surface area (Å²) >= 11 is 0. The highest BCUT2D eigenvalue weighted by Crippen LogP contribution is 2.32. The Bertz CT molecular complexity index is 1410. The summed E-state index contributed by atoms with van der Waals surface area (Å²) in [4.78, 5) is 23.8. The monoisotopic (exact) mass is 1030 g/mol. The molecule has 0 spiro atoms.